The number of rotatable bonds is 6. The normalized spacial score (nSPS) is 11.9. The summed E-state index contributed by atoms with van der Waals surface area (Å²) >= 11 is 1.40. The second-order valence-corrected chi connectivity index (χ2v) is 5.65. The number of hydrogen-bond acceptors (Lipinski definition) is 5. The SMILES string of the molecule is COC(=O)[C@@H](C)ONC(=O)CSc1ccc2ccccc2c1. The van der Waals surface area contributed by atoms with Gasteiger partial charge in [0.1, 0.15) is 0 Å². The molecule has 116 valence electrons. The average Bonchev–Trinajstić information content (AvgIpc) is 2.56. The van der Waals surface area contributed by atoms with E-state index < -0.39 is 12.1 Å². The molecule has 0 aromatic heterocycles. The second kappa shape index (κ2) is 7.82. The van der Waals surface area contributed by atoms with Gasteiger partial charge in [0.25, 0.3) is 5.91 Å². The van der Waals surface area contributed by atoms with Gasteiger partial charge in [-0.05, 0) is 29.8 Å². The van der Waals surface area contributed by atoms with Crippen LogP contribution in [-0.2, 0) is 19.2 Å². The summed E-state index contributed by atoms with van der Waals surface area (Å²) in [7, 11) is 1.26. The van der Waals surface area contributed by atoms with Crippen LogP contribution >= 0.6 is 11.8 Å². The molecule has 0 heterocycles. The molecule has 6 heteroatoms. The van der Waals surface area contributed by atoms with E-state index in [1.54, 1.807) is 0 Å². The van der Waals surface area contributed by atoms with E-state index >= 15 is 0 Å². The van der Waals surface area contributed by atoms with Crippen molar-refractivity contribution in [2.45, 2.75) is 17.9 Å². The van der Waals surface area contributed by atoms with E-state index in [0.717, 1.165) is 15.7 Å². The predicted molar refractivity (Wildman–Crippen MR) is 85.4 cm³/mol. The van der Waals surface area contributed by atoms with Crippen LogP contribution < -0.4 is 5.48 Å². The predicted octanol–water partition coefficient (Wildman–Crippen LogP) is 2.54. The minimum atomic E-state index is -0.834. The van der Waals surface area contributed by atoms with Crippen molar-refractivity contribution in [3.63, 3.8) is 0 Å². The highest BCUT2D eigenvalue weighted by Gasteiger charge is 2.15. The maximum Gasteiger partial charge on any atom is 0.337 e. The fourth-order valence-corrected chi connectivity index (χ4v) is 2.53. The van der Waals surface area contributed by atoms with Crippen LogP contribution in [0, 0.1) is 0 Å². The van der Waals surface area contributed by atoms with E-state index in [1.165, 1.54) is 25.8 Å². The van der Waals surface area contributed by atoms with Crippen molar-refractivity contribution in [2.75, 3.05) is 12.9 Å². The molecular weight excluding hydrogens is 302 g/mol. The zero-order valence-corrected chi connectivity index (χ0v) is 13.2. The Morgan fingerprint density at radius 3 is 2.64 bits per heavy atom. The van der Waals surface area contributed by atoms with Crippen LogP contribution in [0.1, 0.15) is 6.92 Å². The van der Waals surface area contributed by atoms with Crippen LogP contribution in [0.5, 0.6) is 0 Å². The van der Waals surface area contributed by atoms with E-state index in [1.807, 2.05) is 42.5 Å². The number of carbonyl (C=O) groups excluding carboxylic acids is 2. The maximum absolute atomic E-state index is 11.7. The van der Waals surface area contributed by atoms with Gasteiger partial charge in [0, 0.05) is 4.90 Å². The molecule has 0 spiro atoms. The van der Waals surface area contributed by atoms with Gasteiger partial charge in [-0.1, -0.05) is 30.3 Å². The number of thioether (sulfide) groups is 1. The maximum atomic E-state index is 11.7. The summed E-state index contributed by atoms with van der Waals surface area (Å²) in [6, 6.07) is 14.1. The highest BCUT2D eigenvalue weighted by molar-refractivity contribution is 8.00. The molecular formula is C16H17NO4S. The molecule has 2 aromatic carbocycles. The molecule has 0 aliphatic rings. The number of nitrogens with one attached hydrogen (secondary N) is 1. The van der Waals surface area contributed by atoms with Gasteiger partial charge in [-0.15, -0.1) is 11.8 Å². The first kappa shape index (κ1) is 16.3. The Kier molecular flexibility index (Phi) is 5.80. The van der Waals surface area contributed by atoms with Crippen molar-refractivity contribution >= 4 is 34.4 Å². The lowest BCUT2D eigenvalue weighted by molar-refractivity contribution is -0.161. The number of benzene rings is 2. The lowest BCUT2D eigenvalue weighted by Crippen LogP contribution is -2.34. The van der Waals surface area contributed by atoms with E-state index in [0.29, 0.717) is 0 Å². The molecule has 5 nitrogen and oxygen atoms in total. The molecule has 0 unspecified atom stereocenters. The number of ether oxygens (including phenoxy) is 1. The number of hydroxylamine groups is 1. The number of esters is 1. The summed E-state index contributed by atoms with van der Waals surface area (Å²) in [5, 5.41) is 2.29. The number of hydrogen-bond donors (Lipinski definition) is 1. The first-order valence-corrected chi connectivity index (χ1v) is 7.72. The molecule has 22 heavy (non-hydrogen) atoms. The highest BCUT2D eigenvalue weighted by atomic mass is 32.2. The van der Waals surface area contributed by atoms with E-state index in [4.69, 9.17) is 4.84 Å². The molecule has 1 amide bonds. The van der Waals surface area contributed by atoms with Crippen molar-refractivity contribution < 1.29 is 19.2 Å². The minimum absolute atomic E-state index is 0.201. The van der Waals surface area contributed by atoms with E-state index in [9.17, 15) is 9.59 Å². The molecule has 0 aliphatic heterocycles. The highest BCUT2D eigenvalue weighted by Crippen LogP contribution is 2.23. The van der Waals surface area contributed by atoms with E-state index in [2.05, 4.69) is 10.2 Å². The van der Waals surface area contributed by atoms with Gasteiger partial charge in [-0.3, -0.25) is 9.63 Å². The molecule has 0 aliphatic carbocycles. The Labute approximate surface area is 132 Å². The van der Waals surface area contributed by atoms with Gasteiger partial charge in [-0.25, -0.2) is 10.3 Å². The molecule has 1 atom stereocenters. The summed E-state index contributed by atoms with van der Waals surface area (Å²) in [6.45, 7) is 1.50. The van der Waals surface area contributed by atoms with Gasteiger partial charge in [-0.2, -0.15) is 0 Å². The van der Waals surface area contributed by atoms with Crippen LogP contribution in [0.2, 0.25) is 0 Å². The molecule has 0 bridgehead atoms. The Morgan fingerprint density at radius 1 is 1.18 bits per heavy atom. The van der Waals surface area contributed by atoms with Gasteiger partial charge in [0.2, 0.25) is 0 Å². The van der Waals surface area contributed by atoms with Crippen molar-refractivity contribution in [1.29, 1.82) is 0 Å². The van der Waals surface area contributed by atoms with Gasteiger partial charge in [0.05, 0.1) is 12.9 Å². The third-order valence-electron chi connectivity index (χ3n) is 2.97. The second-order valence-electron chi connectivity index (χ2n) is 4.61. The zero-order chi connectivity index (χ0) is 15.9. The zero-order valence-electron chi connectivity index (χ0n) is 12.4. The van der Waals surface area contributed by atoms with Crippen molar-refractivity contribution in [2.24, 2.45) is 0 Å². The molecule has 0 saturated carbocycles. The molecule has 0 fully saturated rings. The smallest absolute Gasteiger partial charge is 0.337 e. The standard InChI is InChI=1S/C16H17NO4S/c1-11(16(19)20-2)21-17-15(18)10-22-14-8-7-12-5-3-4-6-13(12)9-14/h3-9,11H,10H2,1-2H3,(H,17,18)/t11-/m1/s1. The summed E-state index contributed by atoms with van der Waals surface area (Å²) in [6.07, 6.45) is -0.834. The lowest BCUT2D eigenvalue weighted by atomic mass is 10.1. The Hall–Kier alpha value is -2.05. The number of amides is 1. The van der Waals surface area contributed by atoms with Crippen LogP contribution in [0.15, 0.2) is 47.4 Å². The van der Waals surface area contributed by atoms with Gasteiger partial charge in [0.15, 0.2) is 6.10 Å². The molecule has 1 N–H and O–H groups in total. The van der Waals surface area contributed by atoms with Gasteiger partial charge >= 0.3 is 5.97 Å². The van der Waals surface area contributed by atoms with Crippen LogP contribution in [0.4, 0.5) is 0 Å². The van der Waals surface area contributed by atoms with Crippen molar-refractivity contribution in [1.82, 2.24) is 5.48 Å². The largest absolute Gasteiger partial charge is 0.467 e. The molecule has 0 saturated heterocycles. The Balaban J connectivity index is 1.83. The monoisotopic (exact) mass is 319 g/mol. The fourth-order valence-electron chi connectivity index (χ4n) is 1.80. The fraction of sp³-hybridized carbons (Fsp3) is 0.250. The number of methoxy groups -OCH3 is 1. The Bertz CT molecular complexity index is 674. The third-order valence-corrected chi connectivity index (χ3v) is 3.97. The topological polar surface area (TPSA) is 64.6 Å². The van der Waals surface area contributed by atoms with Crippen LogP contribution in [0.3, 0.4) is 0 Å². The van der Waals surface area contributed by atoms with Crippen LogP contribution in [-0.4, -0.2) is 30.8 Å². The Morgan fingerprint density at radius 2 is 1.91 bits per heavy atom. The molecule has 2 aromatic rings. The summed E-state index contributed by atoms with van der Waals surface area (Å²) in [5.41, 5.74) is 2.24. The third kappa shape index (κ3) is 4.47. The van der Waals surface area contributed by atoms with Gasteiger partial charge < -0.3 is 4.74 Å². The van der Waals surface area contributed by atoms with Crippen molar-refractivity contribution in [3.05, 3.63) is 42.5 Å². The van der Waals surface area contributed by atoms with Crippen LogP contribution in [0.25, 0.3) is 10.8 Å². The molecule has 2 rings (SSSR count). The number of fused-ring (bicyclic) bond motifs is 1. The summed E-state index contributed by atoms with van der Waals surface area (Å²) in [4.78, 5) is 28.7. The van der Waals surface area contributed by atoms with Crippen molar-refractivity contribution in [3.8, 4) is 0 Å². The quantitative estimate of drug-likeness (QED) is 0.503. The lowest BCUT2D eigenvalue weighted by Gasteiger charge is -2.11. The minimum Gasteiger partial charge on any atom is -0.467 e. The number of carbonyl (C=O) groups is 2. The molecule has 0 radical (unpaired) electrons. The summed E-state index contributed by atoms with van der Waals surface area (Å²) < 4.78 is 4.49. The first-order chi connectivity index (χ1) is 10.6. The average molecular weight is 319 g/mol. The van der Waals surface area contributed by atoms with E-state index in [-0.39, 0.29) is 11.7 Å². The summed E-state index contributed by atoms with van der Waals surface area (Å²) in [5.74, 6) is -0.650. The first-order valence-electron chi connectivity index (χ1n) is 6.74.